The minimum absolute atomic E-state index is 0.131. The zero-order valence-electron chi connectivity index (χ0n) is 11.6. The maximum absolute atomic E-state index is 10.8. The van der Waals surface area contributed by atoms with Crippen LogP contribution in [0.5, 0.6) is 11.5 Å². The molecule has 2 rings (SSSR count). The highest BCUT2D eigenvalue weighted by molar-refractivity contribution is 5.56. The van der Waals surface area contributed by atoms with Crippen molar-refractivity contribution in [2.45, 2.75) is 13.8 Å². The van der Waals surface area contributed by atoms with Crippen LogP contribution in [0, 0.1) is 35.3 Å². The summed E-state index contributed by atoms with van der Waals surface area (Å²) in [6.45, 7) is 3.62. The number of nitro groups is 1. The van der Waals surface area contributed by atoms with Crippen LogP contribution in [-0.2, 0) is 0 Å². The Morgan fingerprint density at radius 1 is 1.19 bits per heavy atom. The summed E-state index contributed by atoms with van der Waals surface area (Å²) in [4.78, 5) is 10.3. The van der Waals surface area contributed by atoms with Gasteiger partial charge in [0.15, 0.2) is 0 Å². The van der Waals surface area contributed by atoms with E-state index in [1.165, 1.54) is 18.2 Å². The summed E-state index contributed by atoms with van der Waals surface area (Å²) in [7, 11) is 0. The first-order chi connectivity index (χ1) is 9.90. The third kappa shape index (κ3) is 3.09. The Hall–Kier alpha value is -3.07. The second-order valence-electron chi connectivity index (χ2n) is 4.67. The Morgan fingerprint density at radius 2 is 1.81 bits per heavy atom. The van der Waals surface area contributed by atoms with Crippen LogP contribution in [0.2, 0.25) is 0 Å². The van der Waals surface area contributed by atoms with E-state index in [9.17, 15) is 10.1 Å². The third-order valence-electron chi connectivity index (χ3n) is 2.93. The van der Waals surface area contributed by atoms with Crippen LogP contribution < -0.4 is 10.5 Å². The number of ether oxygens (including phenoxy) is 1. The van der Waals surface area contributed by atoms with E-state index in [1.54, 1.807) is 12.1 Å². The SMILES string of the molecule is Cc1cc(C#N)cc(C)c1Oc1cc(N)cc([N+](=O)[O-])c1. The molecule has 0 aliphatic rings. The average molecular weight is 283 g/mol. The zero-order valence-corrected chi connectivity index (χ0v) is 11.6. The highest BCUT2D eigenvalue weighted by Crippen LogP contribution is 2.32. The van der Waals surface area contributed by atoms with Gasteiger partial charge in [-0.25, -0.2) is 0 Å². The second kappa shape index (κ2) is 5.51. The lowest BCUT2D eigenvalue weighted by Gasteiger charge is -2.12. The standard InChI is InChI=1S/C15H13N3O3/c1-9-3-11(8-16)4-10(2)15(9)21-14-6-12(17)5-13(7-14)18(19)20/h3-7H,17H2,1-2H3. The minimum Gasteiger partial charge on any atom is -0.456 e. The van der Waals surface area contributed by atoms with Gasteiger partial charge in [-0.2, -0.15) is 5.26 Å². The molecule has 2 aromatic rings. The fraction of sp³-hybridized carbons (Fsp3) is 0.133. The second-order valence-corrected chi connectivity index (χ2v) is 4.67. The Balaban J connectivity index is 2.44. The van der Waals surface area contributed by atoms with Gasteiger partial charge in [0, 0.05) is 17.8 Å². The molecule has 21 heavy (non-hydrogen) atoms. The minimum atomic E-state index is -0.526. The molecule has 2 N–H and O–H groups in total. The van der Waals surface area contributed by atoms with E-state index < -0.39 is 4.92 Å². The highest BCUT2D eigenvalue weighted by atomic mass is 16.6. The number of hydrogen-bond acceptors (Lipinski definition) is 5. The van der Waals surface area contributed by atoms with Gasteiger partial charge in [-0.05, 0) is 37.1 Å². The molecule has 6 heteroatoms. The van der Waals surface area contributed by atoms with Crippen LogP contribution >= 0.6 is 0 Å². The van der Waals surface area contributed by atoms with Gasteiger partial charge < -0.3 is 10.5 Å². The maximum Gasteiger partial charge on any atom is 0.275 e. The molecular formula is C15H13N3O3. The fourth-order valence-electron chi connectivity index (χ4n) is 2.06. The Kier molecular flexibility index (Phi) is 3.76. The van der Waals surface area contributed by atoms with E-state index in [2.05, 4.69) is 6.07 Å². The number of benzene rings is 2. The molecule has 0 radical (unpaired) electrons. The van der Waals surface area contributed by atoms with Crippen molar-refractivity contribution < 1.29 is 9.66 Å². The van der Waals surface area contributed by atoms with Crippen molar-refractivity contribution in [3.8, 4) is 17.6 Å². The van der Waals surface area contributed by atoms with Crippen molar-refractivity contribution in [3.63, 3.8) is 0 Å². The summed E-state index contributed by atoms with van der Waals surface area (Å²) in [5, 5.41) is 19.8. The van der Waals surface area contributed by atoms with Crippen LogP contribution in [0.1, 0.15) is 16.7 Å². The lowest BCUT2D eigenvalue weighted by molar-refractivity contribution is -0.384. The topological polar surface area (TPSA) is 102 Å². The summed E-state index contributed by atoms with van der Waals surface area (Å²) in [5.41, 5.74) is 7.85. The van der Waals surface area contributed by atoms with Gasteiger partial charge in [-0.1, -0.05) is 0 Å². The van der Waals surface area contributed by atoms with Gasteiger partial charge >= 0.3 is 0 Å². The summed E-state index contributed by atoms with van der Waals surface area (Å²) in [6, 6.07) is 9.56. The van der Waals surface area contributed by atoms with Crippen LogP contribution in [0.15, 0.2) is 30.3 Å². The van der Waals surface area contributed by atoms with E-state index in [0.29, 0.717) is 11.3 Å². The number of nitrogen functional groups attached to an aromatic ring is 1. The lowest BCUT2D eigenvalue weighted by atomic mass is 10.1. The van der Waals surface area contributed by atoms with Gasteiger partial charge in [0.25, 0.3) is 5.69 Å². The average Bonchev–Trinajstić information content (AvgIpc) is 2.42. The summed E-state index contributed by atoms with van der Waals surface area (Å²) < 4.78 is 5.72. The number of nitrogens with zero attached hydrogens (tertiary/aromatic N) is 2. The number of aryl methyl sites for hydroxylation is 2. The van der Waals surface area contributed by atoms with Gasteiger partial charge in [0.2, 0.25) is 0 Å². The highest BCUT2D eigenvalue weighted by Gasteiger charge is 2.12. The molecule has 0 saturated carbocycles. The van der Waals surface area contributed by atoms with Gasteiger partial charge in [0.1, 0.15) is 11.5 Å². The number of anilines is 1. The van der Waals surface area contributed by atoms with Crippen molar-refractivity contribution in [1.82, 2.24) is 0 Å². The molecule has 6 nitrogen and oxygen atoms in total. The van der Waals surface area contributed by atoms with Crippen molar-refractivity contribution in [2.24, 2.45) is 0 Å². The van der Waals surface area contributed by atoms with Crippen molar-refractivity contribution in [2.75, 3.05) is 5.73 Å². The lowest BCUT2D eigenvalue weighted by Crippen LogP contribution is -1.96. The van der Waals surface area contributed by atoms with Crippen molar-refractivity contribution in [1.29, 1.82) is 5.26 Å². The normalized spacial score (nSPS) is 9.95. The molecule has 0 aromatic heterocycles. The Bertz CT molecular complexity index is 740. The van der Waals surface area contributed by atoms with Crippen LogP contribution in [0.3, 0.4) is 0 Å². The van der Waals surface area contributed by atoms with Gasteiger partial charge in [0.05, 0.1) is 22.6 Å². The Labute approximate surface area is 121 Å². The van der Waals surface area contributed by atoms with Crippen molar-refractivity contribution in [3.05, 3.63) is 57.1 Å². The first-order valence-corrected chi connectivity index (χ1v) is 6.15. The van der Waals surface area contributed by atoms with E-state index in [1.807, 2.05) is 13.8 Å². The molecule has 0 heterocycles. The number of nitriles is 1. The van der Waals surface area contributed by atoms with Crippen LogP contribution in [0.25, 0.3) is 0 Å². The third-order valence-corrected chi connectivity index (χ3v) is 2.93. The molecule has 0 amide bonds. The fourth-order valence-corrected chi connectivity index (χ4v) is 2.06. The van der Waals surface area contributed by atoms with Crippen LogP contribution in [-0.4, -0.2) is 4.92 Å². The van der Waals surface area contributed by atoms with Crippen molar-refractivity contribution >= 4 is 11.4 Å². The molecule has 0 saturated heterocycles. The number of hydrogen-bond donors (Lipinski definition) is 1. The molecule has 0 unspecified atom stereocenters. The number of nitrogens with two attached hydrogens (primary N) is 1. The van der Waals surface area contributed by atoms with E-state index in [0.717, 1.165) is 11.1 Å². The molecule has 0 aliphatic heterocycles. The smallest absolute Gasteiger partial charge is 0.275 e. The summed E-state index contributed by atoms with van der Waals surface area (Å²) >= 11 is 0. The first-order valence-electron chi connectivity index (χ1n) is 6.15. The largest absolute Gasteiger partial charge is 0.456 e. The summed E-state index contributed by atoms with van der Waals surface area (Å²) in [5.74, 6) is 0.853. The maximum atomic E-state index is 10.8. The molecule has 0 fully saturated rings. The molecule has 2 aromatic carbocycles. The summed E-state index contributed by atoms with van der Waals surface area (Å²) in [6.07, 6.45) is 0. The van der Waals surface area contributed by atoms with Gasteiger partial charge in [-0.15, -0.1) is 0 Å². The molecular weight excluding hydrogens is 270 g/mol. The predicted octanol–water partition coefficient (Wildman–Crippen LogP) is 3.46. The first kappa shape index (κ1) is 14.3. The van der Waals surface area contributed by atoms with Gasteiger partial charge in [-0.3, -0.25) is 10.1 Å². The molecule has 0 aliphatic carbocycles. The monoisotopic (exact) mass is 283 g/mol. The Morgan fingerprint density at radius 3 is 2.33 bits per heavy atom. The predicted molar refractivity (Wildman–Crippen MR) is 78.2 cm³/mol. The quantitative estimate of drug-likeness (QED) is 0.528. The number of nitro benzene ring substituents is 1. The number of non-ortho nitro benzene ring substituents is 1. The van der Waals surface area contributed by atoms with E-state index in [-0.39, 0.29) is 17.1 Å². The van der Waals surface area contributed by atoms with E-state index >= 15 is 0 Å². The molecule has 0 atom stereocenters. The molecule has 106 valence electrons. The van der Waals surface area contributed by atoms with Crippen LogP contribution in [0.4, 0.5) is 11.4 Å². The zero-order chi connectivity index (χ0) is 15.6. The van der Waals surface area contributed by atoms with E-state index in [4.69, 9.17) is 15.7 Å². The molecule has 0 spiro atoms. The number of rotatable bonds is 3. The molecule has 0 bridgehead atoms.